The van der Waals surface area contributed by atoms with Crippen LogP contribution in [0.5, 0.6) is 0 Å². The van der Waals surface area contributed by atoms with Crippen LogP contribution in [0, 0.1) is 12.8 Å². The fourth-order valence-electron chi connectivity index (χ4n) is 2.47. The number of amides is 1. The van der Waals surface area contributed by atoms with Gasteiger partial charge in [-0.3, -0.25) is 9.10 Å². The number of carbonyl (C=O) groups excluding carboxylic acids is 1. The van der Waals surface area contributed by atoms with Gasteiger partial charge in [0.15, 0.2) is 0 Å². The van der Waals surface area contributed by atoms with Crippen molar-refractivity contribution >= 4 is 33.2 Å². The van der Waals surface area contributed by atoms with E-state index in [2.05, 4.69) is 5.32 Å². The first-order valence-electron chi connectivity index (χ1n) is 8.76. The van der Waals surface area contributed by atoms with Crippen LogP contribution in [0.4, 0.5) is 5.69 Å². The van der Waals surface area contributed by atoms with Gasteiger partial charge in [0.25, 0.3) is 10.0 Å². The Morgan fingerprint density at radius 3 is 2.22 bits per heavy atom. The molecule has 2 aromatic carbocycles. The highest BCUT2D eigenvalue weighted by atomic mass is 35.5. The van der Waals surface area contributed by atoms with E-state index >= 15 is 0 Å². The van der Waals surface area contributed by atoms with Gasteiger partial charge in [0.2, 0.25) is 5.91 Å². The summed E-state index contributed by atoms with van der Waals surface area (Å²) in [7, 11) is -3.93. The summed E-state index contributed by atoms with van der Waals surface area (Å²) in [5, 5.41) is 3.31. The van der Waals surface area contributed by atoms with E-state index in [9.17, 15) is 13.2 Å². The highest BCUT2D eigenvalue weighted by Crippen LogP contribution is 2.27. The minimum atomic E-state index is -3.93. The lowest BCUT2D eigenvalue weighted by Gasteiger charge is -2.27. The van der Waals surface area contributed by atoms with Gasteiger partial charge in [-0.05, 0) is 55.7 Å². The van der Waals surface area contributed by atoms with Crippen LogP contribution in [0.1, 0.15) is 26.3 Å². The molecule has 0 aromatic heterocycles. The van der Waals surface area contributed by atoms with Gasteiger partial charge < -0.3 is 5.32 Å². The predicted molar refractivity (Wildman–Crippen MR) is 110 cm³/mol. The number of nitrogens with zero attached hydrogens (tertiary/aromatic N) is 1. The lowest BCUT2D eigenvalue weighted by atomic mass is 10.1. The Morgan fingerprint density at radius 1 is 1.07 bits per heavy atom. The van der Waals surface area contributed by atoms with Gasteiger partial charge >= 0.3 is 0 Å². The lowest BCUT2D eigenvalue weighted by Crippen LogP contribution is -2.45. The van der Waals surface area contributed by atoms with E-state index in [-0.39, 0.29) is 29.3 Å². The molecule has 0 fully saturated rings. The van der Waals surface area contributed by atoms with Crippen molar-refractivity contribution in [1.82, 2.24) is 5.32 Å². The molecule has 146 valence electrons. The first-order chi connectivity index (χ1) is 12.6. The zero-order valence-electron chi connectivity index (χ0n) is 15.9. The zero-order chi connectivity index (χ0) is 20.2. The van der Waals surface area contributed by atoms with Gasteiger partial charge in [0, 0.05) is 11.1 Å². The van der Waals surface area contributed by atoms with Crippen molar-refractivity contribution in [2.45, 2.75) is 38.6 Å². The Labute approximate surface area is 166 Å². The van der Waals surface area contributed by atoms with Crippen molar-refractivity contribution < 1.29 is 13.2 Å². The van der Waals surface area contributed by atoms with Crippen LogP contribution in [-0.2, 0) is 14.8 Å². The summed E-state index contributed by atoms with van der Waals surface area (Å²) in [6, 6.07) is 12.9. The third-order valence-corrected chi connectivity index (χ3v) is 6.49. The maximum Gasteiger partial charge on any atom is 0.264 e. The molecule has 0 saturated carbocycles. The Balaban J connectivity index is 2.43. The predicted octanol–water partition coefficient (Wildman–Crippen LogP) is 4.00. The van der Waals surface area contributed by atoms with Crippen molar-refractivity contribution in [3.63, 3.8) is 0 Å². The number of carbonyl (C=O) groups is 1. The Morgan fingerprint density at radius 2 is 1.67 bits per heavy atom. The molecule has 0 aliphatic heterocycles. The van der Waals surface area contributed by atoms with Crippen LogP contribution in [0.15, 0.2) is 53.4 Å². The van der Waals surface area contributed by atoms with Gasteiger partial charge in [-0.15, -0.1) is 0 Å². The summed E-state index contributed by atoms with van der Waals surface area (Å²) in [5.74, 6) is -0.106. The van der Waals surface area contributed by atoms with Gasteiger partial charge in [-0.25, -0.2) is 8.42 Å². The maximum absolute atomic E-state index is 13.3. The lowest BCUT2D eigenvalue weighted by molar-refractivity contribution is -0.120. The van der Waals surface area contributed by atoms with E-state index in [1.165, 1.54) is 24.3 Å². The number of halogens is 1. The quantitative estimate of drug-likeness (QED) is 0.752. The molecule has 27 heavy (non-hydrogen) atoms. The van der Waals surface area contributed by atoms with Crippen LogP contribution in [-0.4, -0.2) is 26.9 Å². The average Bonchev–Trinajstić information content (AvgIpc) is 2.60. The van der Waals surface area contributed by atoms with Crippen molar-refractivity contribution in [2.75, 3.05) is 10.8 Å². The number of sulfonamides is 1. The van der Waals surface area contributed by atoms with Crippen molar-refractivity contribution in [3.8, 4) is 0 Å². The van der Waals surface area contributed by atoms with E-state index < -0.39 is 10.0 Å². The summed E-state index contributed by atoms with van der Waals surface area (Å²) in [5.41, 5.74) is 1.24. The topological polar surface area (TPSA) is 66.5 Å². The number of rotatable bonds is 7. The van der Waals surface area contributed by atoms with Gasteiger partial charge in [-0.1, -0.05) is 43.6 Å². The highest BCUT2D eigenvalue weighted by Gasteiger charge is 2.28. The summed E-state index contributed by atoms with van der Waals surface area (Å²) >= 11 is 5.88. The normalized spacial score (nSPS) is 12.7. The highest BCUT2D eigenvalue weighted by molar-refractivity contribution is 7.92. The van der Waals surface area contributed by atoms with Crippen LogP contribution >= 0.6 is 11.6 Å². The second-order valence-corrected chi connectivity index (χ2v) is 9.15. The van der Waals surface area contributed by atoms with E-state index in [1.807, 2.05) is 39.8 Å². The number of para-hydroxylation sites is 1. The molecule has 2 rings (SSSR count). The van der Waals surface area contributed by atoms with Crippen molar-refractivity contribution in [1.29, 1.82) is 0 Å². The standard InChI is InChI=1S/C20H25ClN2O3S/c1-14(2)16(4)22-20(24)13-23(19-8-6-5-7-15(19)3)27(25,26)18-11-9-17(21)10-12-18/h5-12,14,16H,13H2,1-4H3,(H,22,24)/t16-/m1/s1. The van der Waals surface area contributed by atoms with Crippen molar-refractivity contribution in [3.05, 3.63) is 59.1 Å². The molecule has 0 radical (unpaired) electrons. The summed E-state index contributed by atoms with van der Waals surface area (Å²) in [4.78, 5) is 12.6. The molecule has 0 spiro atoms. The minimum absolute atomic E-state index is 0.0607. The molecular weight excluding hydrogens is 384 g/mol. The Kier molecular flexibility index (Phi) is 6.89. The first-order valence-corrected chi connectivity index (χ1v) is 10.6. The SMILES string of the molecule is Cc1ccccc1N(CC(=O)N[C@H](C)C(C)C)S(=O)(=O)c1ccc(Cl)cc1. The number of hydrogen-bond donors (Lipinski definition) is 1. The van der Waals surface area contributed by atoms with Crippen molar-refractivity contribution in [2.24, 2.45) is 5.92 Å². The molecule has 0 bridgehead atoms. The number of hydrogen-bond acceptors (Lipinski definition) is 3. The molecule has 1 atom stereocenters. The fraction of sp³-hybridized carbons (Fsp3) is 0.350. The van der Waals surface area contributed by atoms with Gasteiger partial charge in [0.05, 0.1) is 10.6 Å². The molecule has 5 nitrogen and oxygen atoms in total. The number of aryl methyl sites for hydroxylation is 1. The second-order valence-electron chi connectivity index (χ2n) is 6.85. The van der Waals surface area contributed by atoms with Crippen LogP contribution in [0.3, 0.4) is 0 Å². The Hall–Kier alpha value is -2.05. The largest absolute Gasteiger partial charge is 0.352 e. The van der Waals surface area contributed by atoms with E-state index in [4.69, 9.17) is 11.6 Å². The minimum Gasteiger partial charge on any atom is -0.352 e. The summed E-state index contributed by atoms with van der Waals surface area (Å²) in [6.07, 6.45) is 0. The number of anilines is 1. The molecule has 0 heterocycles. The monoisotopic (exact) mass is 408 g/mol. The number of nitrogens with one attached hydrogen (secondary N) is 1. The molecule has 0 saturated heterocycles. The molecule has 1 amide bonds. The maximum atomic E-state index is 13.3. The molecule has 1 N–H and O–H groups in total. The molecule has 0 aliphatic rings. The molecule has 7 heteroatoms. The first kappa shape index (κ1) is 21.3. The number of benzene rings is 2. The van der Waals surface area contributed by atoms with Crippen LogP contribution in [0.25, 0.3) is 0 Å². The summed E-state index contributed by atoms with van der Waals surface area (Å²) < 4.78 is 27.7. The molecule has 2 aromatic rings. The van der Waals surface area contributed by atoms with Gasteiger partial charge in [-0.2, -0.15) is 0 Å². The third kappa shape index (κ3) is 5.23. The van der Waals surface area contributed by atoms with Crippen LogP contribution in [0.2, 0.25) is 5.02 Å². The third-order valence-electron chi connectivity index (χ3n) is 4.46. The van der Waals surface area contributed by atoms with Crippen LogP contribution < -0.4 is 9.62 Å². The fourth-order valence-corrected chi connectivity index (χ4v) is 4.08. The molecular formula is C20H25ClN2O3S. The Bertz CT molecular complexity index is 896. The van der Waals surface area contributed by atoms with E-state index in [0.717, 1.165) is 9.87 Å². The molecule has 0 unspecified atom stereocenters. The summed E-state index contributed by atoms with van der Waals surface area (Å²) in [6.45, 7) is 7.40. The molecule has 0 aliphatic carbocycles. The van der Waals surface area contributed by atoms with E-state index in [1.54, 1.807) is 12.1 Å². The smallest absolute Gasteiger partial charge is 0.264 e. The average molecular weight is 409 g/mol. The van der Waals surface area contributed by atoms with Gasteiger partial charge in [0.1, 0.15) is 6.54 Å². The zero-order valence-corrected chi connectivity index (χ0v) is 17.5. The van der Waals surface area contributed by atoms with E-state index in [0.29, 0.717) is 10.7 Å². The second kappa shape index (κ2) is 8.76.